The lowest BCUT2D eigenvalue weighted by molar-refractivity contribution is 0.222. The van der Waals surface area contributed by atoms with Crippen molar-refractivity contribution < 1.29 is 0 Å². The van der Waals surface area contributed by atoms with Gasteiger partial charge >= 0.3 is 0 Å². The maximum absolute atomic E-state index is 6.55. The van der Waals surface area contributed by atoms with Crippen LogP contribution in [-0.4, -0.2) is 30.0 Å². The van der Waals surface area contributed by atoms with Gasteiger partial charge in [-0.2, -0.15) is 0 Å². The highest BCUT2D eigenvalue weighted by atomic mass is 35.5. The van der Waals surface area contributed by atoms with Crippen molar-refractivity contribution in [1.29, 1.82) is 0 Å². The maximum Gasteiger partial charge on any atom is 0.103 e. The van der Waals surface area contributed by atoms with E-state index in [1.54, 1.807) is 0 Å². The van der Waals surface area contributed by atoms with Crippen LogP contribution in [0.25, 0.3) is 0 Å². The number of nitrogens with zero attached hydrogens (tertiary/aromatic N) is 2. The molecule has 0 N–H and O–H groups in total. The number of halogens is 1. The van der Waals surface area contributed by atoms with Crippen molar-refractivity contribution in [3.05, 3.63) is 66.2 Å². The Morgan fingerprint density at radius 2 is 1.80 bits per heavy atom. The average Bonchev–Trinajstić information content (AvgIpc) is 2.51. The minimum atomic E-state index is 0.0492. The van der Waals surface area contributed by atoms with Crippen LogP contribution in [0.1, 0.15) is 5.56 Å². The molecule has 1 unspecified atom stereocenters. The van der Waals surface area contributed by atoms with E-state index in [4.69, 9.17) is 11.6 Å². The summed E-state index contributed by atoms with van der Waals surface area (Å²) in [4.78, 5) is 4.68. The third-order valence-corrected chi connectivity index (χ3v) is 4.13. The number of benzene rings is 2. The number of hydrogen-bond donors (Lipinski definition) is 0. The van der Waals surface area contributed by atoms with Gasteiger partial charge in [-0.05, 0) is 23.8 Å². The van der Waals surface area contributed by atoms with Gasteiger partial charge < -0.3 is 4.90 Å². The summed E-state index contributed by atoms with van der Waals surface area (Å²) in [6.45, 7) is 3.78. The first-order chi connectivity index (χ1) is 9.83. The Balaban J connectivity index is 1.63. The largest absolute Gasteiger partial charge is 0.367 e. The minimum absolute atomic E-state index is 0.0492. The lowest BCUT2D eigenvalue weighted by atomic mass is 10.2. The van der Waals surface area contributed by atoms with Crippen LogP contribution in [0.2, 0.25) is 0 Å². The van der Waals surface area contributed by atoms with Crippen molar-refractivity contribution in [1.82, 2.24) is 4.90 Å². The monoisotopic (exact) mass is 285 g/mol. The predicted molar refractivity (Wildman–Crippen MR) is 84.0 cm³/mol. The highest BCUT2D eigenvalue weighted by molar-refractivity contribution is 6.20. The first-order valence-corrected chi connectivity index (χ1v) is 7.40. The Morgan fingerprint density at radius 3 is 2.50 bits per heavy atom. The molecule has 2 aromatic rings. The lowest BCUT2D eigenvalue weighted by Crippen LogP contribution is -2.50. The zero-order valence-corrected chi connectivity index (χ0v) is 12.1. The van der Waals surface area contributed by atoms with E-state index in [9.17, 15) is 0 Å². The Hall–Kier alpha value is -1.51. The molecule has 3 rings (SSSR count). The van der Waals surface area contributed by atoms with Crippen molar-refractivity contribution in [3.63, 3.8) is 0 Å². The fourth-order valence-electron chi connectivity index (χ4n) is 2.60. The van der Waals surface area contributed by atoms with Gasteiger partial charge in [0.15, 0.2) is 0 Å². The maximum atomic E-state index is 6.55. The van der Waals surface area contributed by atoms with E-state index in [0.29, 0.717) is 0 Å². The molecule has 0 aliphatic carbocycles. The molecule has 1 atom stereocenters. The molecule has 2 nitrogen and oxygen atoms in total. The second-order valence-electron chi connectivity index (χ2n) is 5.09. The fourth-order valence-corrected chi connectivity index (χ4v) is 2.93. The minimum Gasteiger partial charge on any atom is -0.367 e. The van der Waals surface area contributed by atoms with E-state index in [1.165, 1.54) is 11.3 Å². The molecule has 3 heteroatoms. The van der Waals surface area contributed by atoms with Gasteiger partial charge in [-0.15, -0.1) is 11.6 Å². The summed E-state index contributed by atoms with van der Waals surface area (Å²) in [6, 6.07) is 21.7. The first kappa shape index (κ1) is 13.5. The molecule has 0 amide bonds. The fraction of sp³-hybridized carbons (Fsp3) is 0.294. The van der Waals surface area contributed by atoms with E-state index in [1.807, 2.05) is 18.2 Å². The summed E-state index contributed by atoms with van der Waals surface area (Å²) in [5.74, 6) is 0. The van der Waals surface area contributed by atoms with Crippen LogP contribution in [0, 0.1) is 6.07 Å². The topological polar surface area (TPSA) is 6.48 Å². The average molecular weight is 286 g/mol. The number of piperazine rings is 1. The summed E-state index contributed by atoms with van der Waals surface area (Å²) in [5.41, 5.74) is 2.60. The second kappa shape index (κ2) is 6.29. The molecule has 0 spiro atoms. The second-order valence-corrected chi connectivity index (χ2v) is 5.60. The lowest BCUT2D eigenvalue weighted by Gasteiger charge is -2.39. The molecular weight excluding hydrogens is 268 g/mol. The first-order valence-electron chi connectivity index (χ1n) is 6.96. The smallest absolute Gasteiger partial charge is 0.103 e. The van der Waals surface area contributed by atoms with Gasteiger partial charge in [-0.3, -0.25) is 4.90 Å². The molecule has 1 aliphatic heterocycles. The molecule has 1 fully saturated rings. The van der Waals surface area contributed by atoms with Crippen LogP contribution in [0.5, 0.6) is 0 Å². The highest BCUT2D eigenvalue weighted by Gasteiger charge is 2.25. The number of alkyl halides is 1. The zero-order chi connectivity index (χ0) is 13.8. The predicted octanol–water partition coefficient (Wildman–Crippen LogP) is 3.37. The zero-order valence-electron chi connectivity index (χ0n) is 11.4. The summed E-state index contributed by atoms with van der Waals surface area (Å²) < 4.78 is 0. The van der Waals surface area contributed by atoms with Crippen molar-refractivity contribution in [2.24, 2.45) is 0 Å². The van der Waals surface area contributed by atoms with Gasteiger partial charge in [0.25, 0.3) is 0 Å². The van der Waals surface area contributed by atoms with Crippen molar-refractivity contribution in [2.75, 3.05) is 24.5 Å². The third-order valence-electron chi connectivity index (χ3n) is 3.72. The van der Waals surface area contributed by atoms with E-state index in [-0.39, 0.29) is 5.50 Å². The summed E-state index contributed by atoms with van der Waals surface area (Å²) in [7, 11) is 0. The molecule has 1 saturated heterocycles. The highest BCUT2D eigenvalue weighted by Crippen LogP contribution is 2.21. The van der Waals surface area contributed by atoms with E-state index >= 15 is 0 Å². The molecule has 2 aromatic carbocycles. The van der Waals surface area contributed by atoms with Crippen LogP contribution in [0.4, 0.5) is 5.69 Å². The number of anilines is 1. The van der Waals surface area contributed by atoms with Crippen LogP contribution in [0.3, 0.4) is 0 Å². The molecule has 1 heterocycles. The normalized spacial score (nSPS) is 20.1. The SMILES string of the molecule is ClC1CN(c2cc[c]cc2)CCN1Cc1ccccc1. The van der Waals surface area contributed by atoms with Crippen molar-refractivity contribution in [3.8, 4) is 0 Å². The van der Waals surface area contributed by atoms with Gasteiger partial charge in [0, 0.05) is 31.9 Å². The summed E-state index contributed by atoms with van der Waals surface area (Å²) in [5, 5.41) is 0. The number of hydrogen-bond acceptors (Lipinski definition) is 2. The standard InChI is InChI=1S/C17H18ClN2/c18-17-14-19(16-9-5-2-6-10-16)11-12-20(17)13-15-7-3-1-4-8-15/h1,3-10,17H,11-14H2. The Morgan fingerprint density at radius 1 is 1.05 bits per heavy atom. The van der Waals surface area contributed by atoms with E-state index in [0.717, 1.165) is 26.2 Å². The summed E-state index contributed by atoms with van der Waals surface area (Å²) >= 11 is 6.55. The van der Waals surface area contributed by atoms with Crippen LogP contribution in [-0.2, 0) is 6.54 Å². The molecule has 103 valence electrons. The molecule has 0 bridgehead atoms. The molecule has 0 saturated carbocycles. The van der Waals surface area contributed by atoms with Crippen LogP contribution < -0.4 is 4.90 Å². The Bertz CT molecular complexity index is 529. The van der Waals surface area contributed by atoms with Gasteiger partial charge in [0.2, 0.25) is 0 Å². The molecule has 0 aromatic heterocycles. The van der Waals surface area contributed by atoms with Gasteiger partial charge in [-0.25, -0.2) is 0 Å². The molecule has 20 heavy (non-hydrogen) atoms. The molecular formula is C17H18ClN2. The van der Waals surface area contributed by atoms with Crippen molar-refractivity contribution in [2.45, 2.75) is 12.0 Å². The number of rotatable bonds is 3. The quantitative estimate of drug-likeness (QED) is 0.630. The molecule has 1 aliphatic rings. The van der Waals surface area contributed by atoms with Gasteiger partial charge in [0.1, 0.15) is 5.50 Å². The Kier molecular flexibility index (Phi) is 4.24. The van der Waals surface area contributed by atoms with Crippen LogP contribution in [0.15, 0.2) is 54.6 Å². The Labute approximate surface area is 125 Å². The van der Waals surface area contributed by atoms with E-state index < -0.39 is 0 Å². The summed E-state index contributed by atoms with van der Waals surface area (Å²) in [6.07, 6.45) is 0. The van der Waals surface area contributed by atoms with E-state index in [2.05, 4.69) is 52.3 Å². The van der Waals surface area contributed by atoms with Crippen LogP contribution >= 0.6 is 11.6 Å². The van der Waals surface area contributed by atoms with Crippen molar-refractivity contribution >= 4 is 17.3 Å². The molecule has 1 radical (unpaired) electrons. The third kappa shape index (κ3) is 3.14. The van der Waals surface area contributed by atoms with Gasteiger partial charge in [-0.1, -0.05) is 42.5 Å². The van der Waals surface area contributed by atoms with Gasteiger partial charge in [0.05, 0.1) is 0 Å².